The third-order valence-corrected chi connectivity index (χ3v) is 3.93. The molecule has 0 aromatic rings. The van der Waals surface area contributed by atoms with Gasteiger partial charge in [-0.05, 0) is 19.3 Å². The van der Waals surface area contributed by atoms with Crippen LogP contribution in [0.3, 0.4) is 0 Å². The van der Waals surface area contributed by atoms with E-state index in [4.69, 9.17) is 0 Å². The van der Waals surface area contributed by atoms with Crippen LogP contribution in [-0.4, -0.2) is 38.4 Å². The molecular weight excluding hydrogens is 230 g/mol. The van der Waals surface area contributed by atoms with Gasteiger partial charge in [0.25, 0.3) is 0 Å². The maximum Gasteiger partial charge on any atom is 0.329 e. The summed E-state index contributed by atoms with van der Waals surface area (Å²) in [5.74, 6) is 0. The monoisotopic (exact) mass is 249 g/mol. The topological polar surface area (TPSA) is 78.5 Å². The third kappa shape index (κ3) is 3.97. The van der Waals surface area contributed by atoms with Gasteiger partial charge in [0.15, 0.2) is 0 Å². The minimum absolute atomic E-state index is 0.498. The Morgan fingerprint density at radius 1 is 1.31 bits per heavy atom. The van der Waals surface area contributed by atoms with Crippen LogP contribution < -0.4 is 10.0 Å². The van der Waals surface area contributed by atoms with Crippen molar-refractivity contribution < 1.29 is 13.2 Å². The number of urea groups is 1. The molecular formula is C9H19N3O3S. The molecule has 1 heterocycles. The smallest absolute Gasteiger partial charge is 0.329 e. The molecule has 0 atom stereocenters. The molecule has 0 radical (unpaired) electrons. The minimum atomic E-state index is -3.63. The van der Waals surface area contributed by atoms with E-state index >= 15 is 0 Å². The van der Waals surface area contributed by atoms with E-state index in [9.17, 15) is 13.2 Å². The average molecular weight is 249 g/mol. The number of hydrogen-bond acceptors (Lipinski definition) is 3. The Bertz CT molecular complexity index is 323. The molecule has 1 fully saturated rings. The Morgan fingerprint density at radius 2 is 1.94 bits per heavy atom. The van der Waals surface area contributed by atoms with Crippen LogP contribution in [-0.2, 0) is 10.2 Å². The second-order valence-electron chi connectivity index (χ2n) is 3.82. The van der Waals surface area contributed by atoms with Crippen LogP contribution in [0.1, 0.15) is 32.6 Å². The molecule has 6 nitrogen and oxygen atoms in total. The second kappa shape index (κ2) is 6.05. The first-order valence-corrected chi connectivity index (χ1v) is 7.06. The number of unbranched alkanes of at least 4 members (excludes halogenated alkanes) is 1. The van der Waals surface area contributed by atoms with Crippen molar-refractivity contribution >= 4 is 16.2 Å². The van der Waals surface area contributed by atoms with Crippen molar-refractivity contribution in [2.24, 2.45) is 0 Å². The van der Waals surface area contributed by atoms with Gasteiger partial charge < -0.3 is 5.32 Å². The summed E-state index contributed by atoms with van der Waals surface area (Å²) < 4.78 is 26.6. The van der Waals surface area contributed by atoms with E-state index in [-0.39, 0.29) is 0 Å². The standard InChI is InChI=1S/C9H19N3O3S/c1-2-3-6-10-9(13)11-16(14,15)12-7-4-5-8-12/h2-8H2,1H3,(H2,10,11,13). The summed E-state index contributed by atoms with van der Waals surface area (Å²) in [5, 5.41) is 2.51. The molecule has 0 spiro atoms. The first-order chi connectivity index (χ1) is 7.56. The molecule has 1 aliphatic heterocycles. The molecule has 7 heteroatoms. The quantitative estimate of drug-likeness (QED) is 0.693. The van der Waals surface area contributed by atoms with Gasteiger partial charge in [-0.25, -0.2) is 9.52 Å². The maximum absolute atomic E-state index is 11.6. The number of carbonyl (C=O) groups is 1. The lowest BCUT2D eigenvalue weighted by atomic mass is 10.3. The molecule has 0 aromatic carbocycles. The highest BCUT2D eigenvalue weighted by molar-refractivity contribution is 7.87. The molecule has 1 saturated heterocycles. The molecule has 0 aromatic heterocycles. The molecule has 94 valence electrons. The highest BCUT2D eigenvalue weighted by atomic mass is 32.2. The first-order valence-electron chi connectivity index (χ1n) is 5.62. The van der Waals surface area contributed by atoms with Crippen LogP contribution in [0.5, 0.6) is 0 Å². The van der Waals surface area contributed by atoms with Crippen LogP contribution in [0, 0.1) is 0 Å². The van der Waals surface area contributed by atoms with Crippen LogP contribution in [0.15, 0.2) is 0 Å². The number of rotatable bonds is 5. The highest BCUT2D eigenvalue weighted by Crippen LogP contribution is 2.10. The number of amides is 2. The molecule has 1 rings (SSSR count). The van der Waals surface area contributed by atoms with Gasteiger partial charge in [-0.15, -0.1) is 0 Å². The van der Waals surface area contributed by atoms with Crippen LogP contribution in [0.2, 0.25) is 0 Å². The Morgan fingerprint density at radius 3 is 2.50 bits per heavy atom. The van der Waals surface area contributed by atoms with E-state index in [0.717, 1.165) is 25.7 Å². The Balaban J connectivity index is 2.36. The number of hydrogen-bond donors (Lipinski definition) is 2. The predicted molar refractivity (Wildman–Crippen MR) is 61.2 cm³/mol. The summed E-state index contributed by atoms with van der Waals surface area (Å²) >= 11 is 0. The zero-order chi connectivity index (χ0) is 12.0. The van der Waals surface area contributed by atoms with E-state index in [1.807, 2.05) is 11.6 Å². The van der Waals surface area contributed by atoms with Gasteiger partial charge in [0.1, 0.15) is 0 Å². The Hall–Kier alpha value is -0.820. The predicted octanol–water partition coefficient (Wildman–Crippen LogP) is 0.426. The molecule has 1 aliphatic rings. The average Bonchev–Trinajstić information content (AvgIpc) is 2.70. The lowest BCUT2D eigenvalue weighted by Gasteiger charge is -2.16. The summed E-state index contributed by atoms with van der Waals surface area (Å²) in [6, 6.07) is -0.639. The third-order valence-electron chi connectivity index (χ3n) is 2.44. The normalized spacial score (nSPS) is 17.3. The van der Waals surface area contributed by atoms with Gasteiger partial charge in [0, 0.05) is 19.6 Å². The second-order valence-corrected chi connectivity index (χ2v) is 5.49. The summed E-state index contributed by atoms with van der Waals surface area (Å²) in [7, 11) is -3.63. The van der Waals surface area contributed by atoms with Gasteiger partial charge in [-0.1, -0.05) is 13.3 Å². The van der Waals surface area contributed by atoms with Crippen molar-refractivity contribution in [2.75, 3.05) is 19.6 Å². The lowest BCUT2D eigenvalue weighted by Crippen LogP contribution is -2.46. The number of carbonyl (C=O) groups excluding carboxylic acids is 1. The largest absolute Gasteiger partial charge is 0.337 e. The summed E-state index contributed by atoms with van der Waals surface area (Å²) in [6.45, 7) is 3.49. The van der Waals surface area contributed by atoms with Crippen LogP contribution in [0.4, 0.5) is 4.79 Å². The fourth-order valence-electron chi connectivity index (χ4n) is 1.52. The molecule has 0 saturated carbocycles. The lowest BCUT2D eigenvalue weighted by molar-refractivity contribution is 0.245. The van der Waals surface area contributed by atoms with Crippen molar-refractivity contribution in [3.05, 3.63) is 0 Å². The highest BCUT2D eigenvalue weighted by Gasteiger charge is 2.26. The van der Waals surface area contributed by atoms with Gasteiger partial charge >= 0.3 is 16.2 Å². The zero-order valence-corrected chi connectivity index (χ0v) is 10.3. The fourth-order valence-corrected chi connectivity index (χ4v) is 2.70. The molecule has 0 unspecified atom stereocenters. The van der Waals surface area contributed by atoms with E-state index in [0.29, 0.717) is 19.6 Å². The van der Waals surface area contributed by atoms with E-state index < -0.39 is 16.2 Å². The van der Waals surface area contributed by atoms with Gasteiger partial charge in [-0.2, -0.15) is 12.7 Å². The van der Waals surface area contributed by atoms with Crippen molar-refractivity contribution in [2.45, 2.75) is 32.6 Å². The van der Waals surface area contributed by atoms with Gasteiger partial charge in [-0.3, -0.25) is 0 Å². The van der Waals surface area contributed by atoms with E-state index in [1.54, 1.807) is 0 Å². The molecule has 16 heavy (non-hydrogen) atoms. The number of nitrogens with zero attached hydrogens (tertiary/aromatic N) is 1. The zero-order valence-electron chi connectivity index (χ0n) is 9.53. The van der Waals surface area contributed by atoms with Crippen molar-refractivity contribution in [1.29, 1.82) is 0 Å². The first kappa shape index (κ1) is 13.2. The Kier molecular flexibility index (Phi) is 5.01. The van der Waals surface area contributed by atoms with Crippen LogP contribution >= 0.6 is 0 Å². The van der Waals surface area contributed by atoms with Crippen LogP contribution in [0.25, 0.3) is 0 Å². The Labute approximate surface area is 96.6 Å². The molecule has 0 aliphatic carbocycles. The van der Waals surface area contributed by atoms with Crippen molar-refractivity contribution in [3.8, 4) is 0 Å². The summed E-state index contributed by atoms with van der Waals surface area (Å²) in [4.78, 5) is 11.3. The van der Waals surface area contributed by atoms with E-state index in [1.165, 1.54) is 4.31 Å². The summed E-state index contributed by atoms with van der Waals surface area (Å²) in [5.41, 5.74) is 0. The SMILES string of the molecule is CCCCNC(=O)NS(=O)(=O)N1CCCC1. The van der Waals surface area contributed by atoms with Gasteiger partial charge in [0.2, 0.25) is 0 Å². The maximum atomic E-state index is 11.6. The van der Waals surface area contributed by atoms with Crippen molar-refractivity contribution in [3.63, 3.8) is 0 Å². The molecule has 0 bridgehead atoms. The van der Waals surface area contributed by atoms with E-state index in [2.05, 4.69) is 5.32 Å². The summed E-state index contributed by atoms with van der Waals surface area (Å²) in [6.07, 6.45) is 3.52. The molecule has 2 N–H and O–H groups in total. The number of nitrogens with one attached hydrogen (secondary N) is 2. The minimum Gasteiger partial charge on any atom is -0.337 e. The fraction of sp³-hybridized carbons (Fsp3) is 0.889. The molecule has 2 amide bonds. The van der Waals surface area contributed by atoms with Crippen molar-refractivity contribution in [1.82, 2.24) is 14.3 Å². The van der Waals surface area contributed by atoms with Gasteiger partial charge in [0.05, 0.1) is 0 Å².